The van der Waals surface area contributed by atoms with Crippen molar-refractivity contribution in [2.24, 2.45) is 5.92 Å². The second-order valence-corrected chi connectivity index (χ2v) is 5.46. The van der Waals surface area contributed by atoms with Crippen LogP contribution in [0.25, 0.3) is 0 Å². The van der Waals surface area contributed by atoms with Crippen LogP contribution in [-0.4, -0.2) is 61.5 Å². The summed E-state index contributed by atoms with van der Waals surface area (Å²) in [5, 5.41) is 3.36. The minimum atomic E-state index is 0.284. The quantitative estimate of drug-likeness (QED) is 0.778. The average Bonchev–Trinajstić information content (AvgIpc) is 3.14. The number of carbonyl (C=O) groups is 1. The Balaban J connectivity index is 1.78. The van der Waals surface area contributed by atoms with Crippen molar-refractivity contribution in [3.8, 4) is 0 Å². The Kier molecular flexibility index (Phi) is 4.40. The minimum Gasteiger partial charge on any atom is -0.342 e. The number of nitrogens with one attached hydrogen (secondary N) is 1. The molecule has 1 aliphatic carbocycles. The molecule has 0 aromatic heterocycles. The molecule has 2 aliphatic rings. The van der Waals surface area contributed by atoms with E-state index in [4.69, 9.17) is 0 Å². The SMILES string of the molecule is CC(C1CC1)N(C)C(=O)CN1CCCNCC1. The van der Waals surface area contributed by atoms with Gasteiger partial charge < -0.3 is 10.2 Å². The molecule has 1 amide bonds. The van der Waals surface area contributed by atoms with Gasteiger partial charge in [-0.1, -0.05) is 0 Å². The van der Waals surface area contributed by atoms with Crippen LogP contribution in [0, 0.1) is 5.92 Å². The van der Waals surface area contributed by atoms with Gasteiger partial charge in [0, 0.05) is 26.2 Å². The van der Waals surface area contributed by atoms with Gasteiger partial charge in [-0.25, -0.2) is 0 Å². The van der Waals surface area contributed by atoms with E-state index in [2.05, 4.69) is 17.1 Å². The topological polar surface area (TPSA) is 35.6 Å². The van der Waals surface area contributed by atoms with E-state index in [0.717, 1.165) is 38.5 Å². The summed E-state index contributed by atoms with van der Waals surface area (Å²) in [5.74, 6) is 1.04. The fourth-order valence-corrected chi connectivity index (χ4v) is 2.48. The number of rotatable bonds is 4. The summed E-state index contributed by atoms with van der Waals surface area (Å²) in [5.41, 5.74) is 0. The van der Waals surface area contributed by atoms with Gasteiger partial charge in [0.1, 0.15) is 0 Å². The predicted molar refractivity (Wildman–Crippen MR) is 68.9 cm³/mol. The van der Waals surface area contributed by atoms with Gasteiger partial charge in [-0.2, -0.15) is 0 Å². The van der Waals surface area contributed by atoms with E-state index in [1.807, 2.05) is 11.9 Å². The molecule has 0 aromatic rings. The molecule has 1 heterocycles. The average molecular weight is 239 g/mol. The summed E-state index contributed by atoms with van der Waals surface area (Å²) in [4.78, 5) is 16.4. The second-order valence-electron chi connectivity index (χ2n) is 5.46. The molecule has 0 radical (unpaired) electrons. The summed E-state index contributed by atoms with van der Waals surface area (Å²) < 4.78 is 0. The molecule has 1 unspecified atom stereocenters. The molecule has 1 aliphatic heterocycles. The van der Waals surface area contributed by atoms with Crippen molar-refractivity contribution in [2.45, 2.75) is 32.2 Å². The molecular weight excluding hydrogens is 214 g/mol. The molecular formula is C13H25N3O. The maximum atomic E-state index is 12.2. The van der Waals surface area contributed by atoms with Crippen LogP contribution in [0.3, 0.4) is 0 Å². The molecule has 4 heteroatoms. The van der Waals surface area contributed by atoms with Gasteiger partial charge in [0.25, 0.3) is 0 Å². The van der Waals surface area contributed by atoms with Gasteiger partial charge in [0.15, 0.2) is 0 Å². The lowest BCUT2D eigenvalue weighted by molar-refractivity contribution is -0.133. The molecule has 0 spiro atoms. The summed E-state index contributed by atoms with van der Waals surface area (Å²) in [6, 6.07) is 0.424. The van der Waals surface area contributed by atoms with Crippen molar-refractivity contribution in [3.63, 3.8) is 0 Å². The monoisotopic (exact) mass is 239 g/mol. The minimum absolute atomic E-state index is 0.284. The van der Waals surface area contributed by atoms with Gasteiger partial charge in [0.2, 0.25) is 5.91 Å². The van der Waals surface area contributed by atoms with E-state index in [9.17, 15) is 4.79 Å². The highest BCUT2D eigenvalue weighted by atomic mass is 16.2. The van der Waals surface area contributed by atoms with Gasteiger partial charge in [0.05, 0.1) is 6.54 Å². The predicted octanol–water partition coefficient (Wildman–Crippen LogP) is 0.539. The zero-order chi connectivity index (χ0) is 12.3. The molecule has 2 fully saturated rings. The van der Waals surface area contributed by atoms with Crippen molar-refractivity contribution >= 4 is 5.91 Å². The van der Waals surface area contributed by atoms with E-state index in [1.54, 1.807) is 0 Å². The Hall–Kier alpha value is -0.610. The summed E-state index contributed by atoms with van der Waals surface area (Å²) in [7, 11) is 1.96. The Labute approximate surface area is 104 Å². The molecule has 0 bridgehead atoms. The third-order valence-corrected chi connectivity index (χ3v) is 4.10. The molecule has 17 heavy (non-hydrogen) atoms. The fraction of sp³-hybridized carbons (Fsp3) is 0.923. The Morgan fingerprint density at radius 1 is 1.41 bits per heavy atom. The normalized spacial score (nSPS) is 24.1. The van der Waals surface area contributed by atoms with Gasteiger partial charge >= 0.3 is 0 Å². The van der Waals surface area contributed by atoms with Crippen LogP contribution >= 0.6 is 0 Å². The number of nitrogens with zero attached hydrogens (tertiary/aromatic N) is 2. The molecule has 98 valence electrons. The maximum Gasteiger partial charge on any atom is 0.236 e. The van der Waals surface area contributed by atoms with Crippen LogP contribution < -0.4 is 5.32 Å². The molecule has 1 saturated carbocycles. The third kappa shape index (κ3) is 3.68. The second kappa shape index (κ2) is 5.83. The zero-order valence-corrected chi connectivity index (χ0v) is 11.1. The number of amides is 1. The first-order valence-electron chi connectivity index (χ1n) is 6.87. The maximum absolute atomic E-state index is 12.2. The lowest BCUT2D eigenvalue weighted by Crippen LogP contribution is -2.44. The van der Waals surface area contributed by atoms with Crippen LogP contribution in [0.2, 0.25) is 0 Å². The van der Waals surface area contributed by atoms with Crippen LogP contribution in [0.4, 0.5) is 0 Å². The lowest BCUT2D eigenvalue weighted by Gasteiger charge is -2.28. The molecule has 4 nitrogen and oxygen atoms in total. The fourth-order valence-electron chi connectivity index (χ4n) is 2.48. The van der Waals surface area contributed by atoms with Crippen molar-refractivity contribution in [1.82, 2.24) is 15.1 Å². The van der Waals surface area contributed by atoms with Crippen molar-refractivity contribution < 1.29 is 4.79 Å². The Morgan fingerprint density at radius 3 is 2.88 bits per heavy atom. The zero-order valence-electron chi connectivity index (χ0n) is 11.1. The van der Waals surface area contributed by atoms with Gasteiger partial charge in [-0.15, -0.1) is 0 Å². The van der Waals surface area contributed by atoms with Gasteiger partial charge in [-0.05, 0) is 45.2 Å². The summed E-state index contributed by atoms with van der Waals surface area (Å²) in [6.45, 7) is 6.91. The number of hydrogen-bond donors (Lipinski definition) is 1. The van der Waals surface area contributed by atoms with Crippen molar-refractivity contribution in [1.29, 1.82) is 0 Å². The van der Waals surface area contributed by atoms with Crippen LogP contribution in [-0.2, 0) is 4.79 Å². The standard InChI is InChI=1S/C13H25N3O/c1-11(12-4-5-12)15(2)13(17)10-16-8-3-6-14-7-9-16/h11-12,14H,3-10H2,1-2H3. The van der Waals surface area contributed by atoms with Crippen LogP contribution in [0.15, 0.2) is 0 Å². The Bertz CT molecular complexity index is 257. The molecule has 1 N–H and O–H groups in total. The van der Waals surface area contributed by atoms with Crippen LogP contribution in [0.5, 0.6) is 0 Å². The van der Waals surface area contributed by atoms with E-state index < -0.39 is 0 Å². The first-order valence-corrected chi connectivity index (χ1v) is 6.87. The third-order valence-electron chi connectivity index (χ3n) is 4.10. The highest BCUT2D eigenvalue weighted by Gasteiger charge is 2.32. The highest BCUT2D eigenvalue weighted by molar-refractivity contribution is 5.78. The Morgan fingerprint density at radius 2 is 2.18 bits per heavy atom. The number of likely N-dealkylation sites (N-methyl/N-ethyl adjacent to an activating group) is 1. The number of carbonyl (C=O) groups excluding carboxylic acids is 1. The number of hydrogen-bond acceptors (Lipinski definition) is 3. The largest absolute Gasteiger partial charge is 0.342 e. The van der Waals surface area contributed by atoms with E-state index in [-0.39, 0.29) is 5.91 Å². The lowest BCUT2D eigenvalue weighted by atomic mass is 10.2. The van der Waals surface area contributed by atoms with Crippen molar-refractivity contribution in [2.75, 3.05) is 39.8 Å². The highest BCUT2D eigenvalue weighted by Crippen LogP contribution is 2.34. The van der Waals surface area contributed by atoms with E-state index in [1.165, 1.54) is 12.8 Å². The molecule has 1 atom stereocenters. The van der Waals surface area contributed by atoms with E-state index in [0.29, 0.717) is 12.6 Å². The van der Waals surface area contributed by atoms with Crippen molar-refractivity contribution in [3.05, 3.63) is 0 Å². The smallest absolute Gasteiger partial charge is 0.236 e. The first-order chi connectivity index (χ1) is 8.18. The molecule has 2 rings (SSSR count). The summed E-state index contributed by atoms with van der Waals surface area (Å²) >= 11 is 0. The van der Waals surface area contributed by atoms with Crippen LogP contribution in [0.1, 0.15) is 26.2 Å². The van der Waals surface area contributed by atoms with E-state index >= 15 is 0 Å². The molecule has 0 aromatic carbocycles. The first kappa shape index (κ1) is 12.8. The molecule has 1 saturated heterocycles. The van der Waals surface area contributed by atoms with Gasteiger partial charge in [-0.3, -0.25) is 9.69 Å². The summed E-state index contributed by atoms with van der Waals surface area (Å²) in [6.07, 6.45) is 3.74.